The number of aromatic nitrogens is 2. The smallest absolute Gasteiger partial charge is 0.231 e. The number of nitrogen functional groups attached to an aromatic ring is 1. The molecular formula is C14H12BrN3OS. The summed E-state index contributed by atoms with van der Waals surface area (Å²) in [6.45, 7) is 4.13. The standard InChI is InChI=1S/C14H12BrN3OS/c1-7-8(2)20-14-12(7)13(17-6-18-14)19-11-4-9(15)3-10(16)5-11/h3-6H,16H2,1-2H3. The molecule has 20 heavy (non-hydrogen) atoms. The number of halogens is 1. The number of thiophene rings is 1. The summed E-state index contributed by atoms with van der Waals surface area (Å²) >= 11 is 5.05. The minimum Gasteiger partial charge on any atom is -0.438 e. The first-order valence-electron chi connectivity index (χ1n) is 5.99. The van der Waals surface area contributed by atoms with Crippen molar-refractivity contribution in [1.82, 2.24) is 9.97 Å². The predicted molar refractivity (Wildman–Crippen MR) is 85.5 cm³/mol. The maximum absolute atomic E-state index is 5.89. The highest BCUT2D eigenvalue weighted by atomic mass is 79.9. The first kappa shape index (κ1) is 13.3. The summed E-state index contributed by atoms with van der Waals surface area (Å²) in [6, 6.07) is 5.45. The molecule has 2 N–H and O–H groups in total. The Hall–Kier alpha value is -1.66. The van der Waals surface area contributed by atoms with E-state index < -0.39 is 0 Å². The van der Waals surface area contributed by atoms with E-state index in [0.717, 1.165) is 20.3 Å². The Morgan fingerprint density at radius 2 is 2.00 bits per heavy atom. The van der Waals surface area contributed by atoms with Crippen LogP contribution in [-0.4, -0.2) is 9.97 Å². The highest BCUT2D eigenvalue weighted by Crippen LogP contribution is 2.36. The third-order valence-electron chi connectivity index (χ3n) is 3.04. The molecule has 0 aliphatic carbocycles. The fourth-order valence-electron chi connectivity index (χ4n) is 1.98. The number of hydrogen-bond acceptors (Lipinski definition) is 5. The lowest BCUT2D eigenvalue weighted by atomic mass is 10.2. The summed E-state index contributed by atoms with van der Waals surface area (Å²) in [4.78, 5) is 10.7. The van der Waals surface area contributed by atoms with Crippen molar-refractivity contribution in [3.63, 3.8) is 0 Å². The molecule has 0 saturated heterocycles. The molecule has 0 saturated carbocycles. The first-order valence-corrected chi connectivity index (χ1v) is 7.60. The molecule has 102 valence electrons. The van der Waals surface area contributed by atoms with Gasteiger partial charge in [0.1, 0.15) is 16.9 Å². The van der Waals surface area contributed by atoms with Crippen LogP contribution in [0.25, 0.3) is 10.2 Å². The van der Waals surface area contributed by atoms with Crippen LogP contribution in [0.4, 0.5) is 5.69 Å². The second kappa shape index (κ2) is 5.03. The molecule has 0 aliphatic heterocycles. The second-order valence-electron chi connectivity index (χ2n) is 4.46. The van der Waals surface area contributed by atoms with Gasteiger partial charge in [-0.25, -0.2) is 9.97 Å². The Kier molecular flexibility index (Phi) is 3.35. The van der Waals surface area contributed by atoms with Gasteiger partial charge in [0.05, 0.1) is 5.39 Å². The van der Waals surface area contributed by atoms with E-state index in [-0.39, 0.29) is 0 Å². The highest BCUT2D eigenvalue weighted by Gasteiger charge is 2.13. The van der Waals surface area contributed by atoms with E-state index in [0.29, 0.717) is 17.3 Å². The van der Waals surface area contributed by atoms with Crippen molar-refractivity contribution >= 4 is 43.2 Å². The van der Waals surface area contributed by atoms with Crippen molar-refractivity contribution in [3.05, 3.63) is 39.4 Å². The lowest BCUT2D eigenvalue weighted by Crippen LogP contribution is -1.92. The zero-order valence-electron chi connectivity index (χ0n) is 11.0. The summed E-state index contributed by atoms with van der Waals surface area (Å²) in [5.41, 5.74) is 7.61. The molecule has 2 heterocycles. The van der Waals surface area contributed by atoms with Gasteiger partial charge in [-0.15, -0.1) is 11.3 Å². The monoisotopic (exact) mass is 349 g/mol. The molecule has 0 bridgehead atoms. The molecule has 0 spiro atoms. The van der Waals surface area contributed by atoms with Crippen LogP contribution in [0.3, 0.4) is 0 Å². The van der Waals surface area contributed by atoms with Gasteiger partial charge in [-0.05, 0) is 31.5 Å². The number of benzene rings is 1. The fraction of sp³-hybridized carbons (Fsp3) is 0.143. The van der Waals surface area contributed by atoms with Crippen LogP contribution in [0.5, 0.6) is 11.6 Å². The van der Waals surface area contributed by atoms with Crippen LogP contribution in [0, 0.1) is 13.8 Å². The third-order valence-corrected chi connectivity index (χ3v) is 4.61. The Bertz CT molecular complexity index is 780. The number of fused-ring (bicyclic) bond motifs is 1. The summed E-state index contributed by atoms with van der Waals surface area (Å²) in [5, 5.41) is 0.966. The Balaban J connectivity index is 2.10. The van der Waals surface area contributed by atoms with E-state index in [1.54, 1.807) is 17.4 Å². The number of nitrogens with zero attached hydrogens (tertiary/aromatic N) is 2. The highest BCUT2D eigenvalue weighted by molar-refractivity contribution is 9.10. The van der Waals surface area contributed by atoms with E-state index in [2.05, 4.69) is 39.7 Å². The quantitative estimate of drug-likeness (QED) is 0.694. The maximum Gasteiger partial charge on any atom is 0.231 e. The van der Waals surface area contributed by atoms with Crippen molar-refractivity contribution in [2.75, 3.05) is 5.73 Å². The Morgan fingerprint density at radius 1 is 1.20 bits per heavy atom. The van der Waals surface area contributed by atoms with E-state index in [9.17, 15) is 0 Å². The number of hydrogen-bond donors (Lipinski definition) is 1. The fourth-order valence-corrected chi connectivity index (χ4v) is 3.46. The molecule has 2 aromatic heterocycles. The molecule has 6 heteroatoms. The number of nitrogens with two attached hydrogens (primary N) is 1. The van der Waals surface area contributed by atoms with Crippen LogP contribution < -0.4 is 10.5 Å². The number of anilines is 1. The Morgan fingerprint density at radius 3 is 2.75 bits per heavy atom. The topological polar surface area (TPSA) is 61.0 Å². The average molecular weight is 350 g/mol. The molecule has 0 fully saturated rings. The minimum atomic E-state index is 0.564. The zero-order valence-corrected chi connectivity index (χ0v) is 13.4. The van der Waals surface area contributed by atoms with Gasteiger partial charge < -0.3 is 10.5 Å². The molecule has 0 unspecified atom stereocenters. The van der Waals surface area contributed by atoms with Gasteiger partial charge in [0, 0.05) is 21.1 Å². The van der Waals surface area contributed by atoms with Crippen molar-refractivity contribution < 1.29 is 4.74 Å². The van der Waals surface area contributed by atoms with Gasteiger partial charge in [-0.2, -0.15) is 0 Å². The average Bonchev–Trinajstić information content (AvgIpc) is 2.65. The van der Waals surface area contributed by atoms with Crippen LogP contribution in [0.2, 0.25) is 0 Å². The van der Waals surface area contributed by atoms with Crippen molar-refractivity contribution in [2.24, 2.45) is 0 Å². The van der Waals surface area contributed by atoms with Crippen molar-refractivity contribution in [3.8, 4) is 11.6 Å². The molecule has 0 atom stereocenters. The summed E-state index contributed by atoms with van der Waals surface area (Å²) < 4.78 is 6.76. The third kappa shape index (κ3) is 2.36. The predicted octanol–water partition coefficient (Wildman–Crippen LogP) is 4.45. The van der Waals surface area contributed by atoms with Gasteiger partial charge >= 0.3 is 0 Å². The Labute approximate surface area is 128 Å². The van der Waals surface area contributed by atoms with Gasteiger partial charge in [0.2, 0.25) is 5.88 Å². The lowest BCUT2D eigenvalue weighted by Gasteiger charge is -2.07. The van der Waals surface area contributed by atoms with Gasteiger partial charge in [0.25, 0.3) is 0 Å². The van der Waals surface area contributed by atoms with E-state index >= 15 is 0 Å². The molecule has 0 aliphatic rings. The summed E-state index contributed by atoms with van der Waals surface area (Å²) in [5.74, 6) is 1.22. The summed E-state index contributed by atoms with van der Waals surface area (Å²) in [6.07, 6.45) is 1.52. The summed E-state index contributed by atoms with van der Waals surface area (Å²) in [7, 11) is 0. The SMILES string of the molecule is Cc1sc2ncnc(Oc3cc(N)cc(Br)c3)c2c1C. The van der Waals surface area contributed by atoms with Gasteiger partial charge in [-0.1, -0.05) is 15.9 Å². The number of ether oxygens (including phenoxy) is 1. The van der Waals surface area contributed by atoms with E-state index in [4.69, 9.17) is 10.5 Å². The minimum absolute atomic E-state index is 0.564. The van der Waals surface area contributed by atoms with E-state index in [1.807, 2.05) is 12.1 Å². The van der Waals surface area contributed by atoms with Crippen molar-refractivity contribution in [2.45, 2.75) is 13.8 Å². The molecule has 3 rings (SSSR count). The first-order chi connectivity index (χ1) is 9.54. The molecule has 0 radical (unpaired) electrons. The lowest BCUT2D eigenvalue weighted by molar-refractivity contribution is 0.468. The van der Waals surface area contributed by atoms with Crippen LogP contribution >= 0.6 is 27.3 Å². The molecule has 4 nitrogen and oxygen atoms in total. The number of rotatable bonds is 2. The molecule has 1 aromatic carbocycles. The second-order valence-corrected chi connectivity index (χ2v) is 6.58. The normalized spacial score (nSPS) is 10.9. The number of aryl methyl sites for hydroxylation is 2. The molecule has 3 aromatic rings. The largest absolute Gasteiger partial charge is 0.438 e. The molecular weight excluding hydrogens is 338 g/mol. The van der Waals surface area contributed by atoms with E-state index in [1.165, 1.54) is 11.2 Å². The zero-order chi connectivity index (χ0) is 14.3. The van der Waals surface area contributed by atoms with Gasteiger partial charge in [0.15, 0.2) is 0 Å². The maximum atomic E-state index is 5.89. The van der Waals surface area contributed by atoms with Crippen molar-refractivity contribution in [1.29, 1.82) is 0 Å². The molecule has 0 amide bonds. The van der Waals surface area contributed by atoms with Crippen LogP contribution in [0.15, 0.2) is 29.0 Å². The van der Waals surface area contributed by atoms with Crippen LogP contribution in [0.1, 0.15) is 10.4 Å². The van der Waals surface area contributed by atoms with Crippen LogP contribution in [-0.2, 0) is 0 Å². The van der Waals surface area contributed by atoms with Gasteiger partial charge in [-0.3, -0.25) is 0 Å².